The van der Waals surface area contributed by atoms with Crippen molar-refractivity contribution in [1.82, 2.24) is 15.1 Å². The van der Waals surface area contributed by atoms with Gasteiger partial charge in [0.1, 0.15) is 0 Å². The van der Waals surface area contributed by atoms with Gasteiger partial charge in [-0.2, -0.15) is 18.3 Å². The van der Waals surface area contributed by atoms with Crippen LogP contribution < -0.4 is 5.32 Å². The highest BCUT2D eigenvalue weighted by Gasteiger charge is 2.38. The Kier molecular flexibility index (Phi) is 5.05. The Hall–Kier alpha value is -2.35. The van der Waals surface area contributed by atoms with Crippen molar-refractivity contribution in [3.8, 4) is 0 Å². The highest BCUT2D eigenvalue weighted by atomic mass is 19.4. The maximum absolute atomic E-state index is 12.8. The molecule has 0 spiro atoms. The topological polar surface area (TPSA) is 67.2 Å². The second-order valence-electron chi connectivity index (χ2n) is 5.03. The van der Waals surface area contributed by atoms with Gasteiger partial charge >= 0.3 is 6.18 Å². The third-order valence-electron chi connectivity index (χ3n) is 3.23. The molecular formula is C15H16F3N3O2. The van der Waals surface area contributed by atoms with Crippen LogP contribution in [0.25, 0.3) is 0 Å². The van der Waals surface area contributed by atoms with Crippen molar-refractivity contribution in [2.45, 2.75) is 18.7 Å². The molecule has 2 N–H and O–H groups in total. The number of amides is 1. The number of benzene rings is 1. The van der Waals surface area contributed by atoms with Crippen LogP contribution in [-0.2, 0) is 13.2 Å². The van der Waals surface area contributed by atoms with Crippen LogP contribution in [0.1, 0.15) is 34.1 Å². The monoisotopic (exact) mass is 327 g/mol. The standard InChI is InChI=1S/C15H16F3N3O2/c1-21-9-11(13(20-21)15(16,17)18)14(23)19-8-7-12(22)10-5-3-2-4-6-10/h2-6,9,12,22H,7-8H2,1H3,(H,19,23). The Morgan fingerprint density at radius 1 is 1.35 bits per heavy atom. The molecule has 1 aromatic carbocycles. The molecule has 0 aliphatic rings. The molecule has 0 aliphatic heterocycles. The predicted molar refractivity (Wildman–Crippen MR) is 76.6 cm³/mol. The lowest BCUT2D eigenvalue weighted by atomic mass is 10.1. The van der Waals surface area contributed by atoms with E-state index in [9.17, 15) is 23.1 Å². The summed E-state index contributed by atoms with van der Waals surface area (Å²) in [6.07, 6.45) is -4.28. The van der Waals surface area contributed by atoms with Gasteiger partial charge < -0.3 is 10.4 Å². The smallest absolute Gasteiger partial charge is 0.388 e. The van der Waals surface area contributed by atoms with Gasteiger partial charge in [-0.15, -0.1) is 0 Å². The summed E-state index contributed by atoms with van der Waals surface area (Å²) in [4.78, 5) is 11.9. The molecule has 1 heterocycles. The fourth-order valence-electron chi connectivity index (χ4n) is 2.12. The quantitative estimate of drug-likeness (QED) is 0.885. The molecule has 1 atom stereocenters. The van der Waals surface area contributed by atoms with E-state index in [1.54, 1.807) is 30.3 Å². The molecule has 8 heteroatoms. The normalized spacial score (nSPS) is 12.9. The van der Waals surface area contributed by atoms with Crippen molar-refractivity contribution in [3.05, 3.63) is 53.3 Å². The average molecular weight is 327 g/mol. The number of hydrogen-bond donors (Lipinski definition) is 2. The second-order valence-corrected chi connectivity index (χ2v) is 5.03. The number of nitrogens with one attached hydrogen (secondary N) is 1. The van der Waals surface area contributed by atoms with Gasteiger partial charge in [0, 0.05) is 19.8 Å². The van der Waals surface area contributed by atoms with Crippen molar-refractivity contribution in [1.29, 1.82) is 0 Å². The third kappa shape index (κ3) is 4.32. The largest absolute Gasteiger partial charge is 0.435 e. The number of nitrogens with zero attached hydrogens (tertiary/aromatic N) is 2. The molecule has 1 amide bonds. The fraction of sp³-hybridized carbons (Fsp3) is 0.333. The number of aliphatic hydroxyl groups excluding tert-OH is 1. The van der Waals surface area contributed by atoms with Crippen molar-refractivity contribution in [2.75, 3.05) is 6.54 Å². The second kappa shape index (κ2) is 6.82. The molecule has 0 saturated carbocycles. The number of hydrogen-bond acceptors (Lipinski definition) is 3. The van der Waals surface area contributed by atoms with Gasteiger partial charge in [-0.05, 0) is 12.0 Å². The van der Waals surface area contributed by atoms with Gasteiger partial charge in [0.2, 0.25) is 0 Å². The van der Waals surface area contributed by atoms with E-state index in [4.69, 9.17) is 0 Å². The molecule has 124 valence electrons. The highest BCUT2D eigenvalue weighted by Crippen LogP contribution is 2.30. The molecule has 0 fully saturated rings. The van der Waals surface area contributed by atoms with Crippen LogP contribution in [0.2, 0.25) is 0 Å². The molecule has 0 bridgehead atoms. The number of alkyl halides is 3. The van der Waals surface area contributed by atoms with E-state index < -0.39 is 29.4 Å². The summed E-state index contributed by atoms with van der Waals surface area (Å²) >= 11 is 0. The first-order valence-corrected chi connectivity index (χ1v) is 6.91. The van der Waals surface area contributed by atoms with Crippen molar-refractivity contribution in [3.63, 3.8) is 0 Å². The van der Waals surface area contributed by atoms with Crippen LogP contribution in [0.5, 0.6) is 0 Å². The number of aromatic nitrogens is 2. The molecule has 2 rings (SSSR count). The SMILES string of the molecule is Cn1cc(C(=O)NCCC(O)c2ccccc2)c(C(F)(F)F)n1. The molecule has 0 saturated heterocycles. The zero-order chi connectivity index (χ0) is 17.0. The minimum Gasteiger partial charge on any atom is -0.388 e. The lowest BCUT2D eigenvalue weighted by Gasteiger charge is -2.12. The van der Waals surface area contributed by atoms with Crippen LogP contribution in [0, 0.1) is 0 Å². The van der Waals surface area contributed by atoms with Gasteiger partial charge in [0.05, 0.1) is 11.7 Å². The van der Waals surface area contributed by atoms with Gasteiger partial charge in [-0.1, -0.05) is 30.3 Å². The van der Waals surface area contributed by atoms with Gasteiger partial charge in [-0.3, -0.25) is 9.48 Å². The van der Waals surface area contributed by atoms with Crippen LogP contribution in [0.3, 0.4) is 0 Å². The molecule has 5 nitrogen and oxygen atoms in total. The third-order valence-corrected chi connectivity index (χ3v) is 3.23. The Morgan fingerprint density at radius 2 is 2.00 bits per heavy atom. The average Bonchev–Trinajstić information content (AvgIpc) is 2.90. The first-order chi connectivity index (χ1) is 10.8. The van der Waals surface area contributed by atoms with Crippen molar-refractivity contribution in [2.24, 2.45) is 7.05 Å². The number of carbonyl (C=O) groups is 1. The summed E-state index contributed by atoms with van der Waals surface area (Å²) in [6.45, 7) is 0.0427. The summed E-state index contributed by atoms with van der Waals surface area (Å²) in [5.41, 5.74) is -1.07. The molecule has 2 aromatic rings. The number of halogens is 3. The summed E-state index contributed by atoms with van der Waals surface area (Å²) in [5, 5.41) is 15.6. The van der Waals surface area contributed by atoms with E-state index >= 15 is 0 Å². The Bertz CT molecular complexity index is 668. The van der Waals surface area contributed by atoms with E-state index in [-0.39, 0.29) is 13.0 Å². The van der Waals surface area contributed by atoms with E-state index in [0.717, 1.165) is 10.9 Å². The van der Waals surface area contributed by atoms with E-state index in [1.807, 2.05) is 0 Å². The van der Waals surface area contributed by atoms with E-state index in [1.165, 1.54) is 7.05 Å². The number of aryl methyl sites for hydroxylation is 1. The maximum Gasteiger partial charge on any atom is 0.435 e. The Balaban J connectivity index is 1.96. The van der Waals surface area contributed by atoms with Crippen molar-refractivity contribution >= 4 is 5.91 Å². The number of aliphatic hydroxyl groups is 1. The van der Waals surface area contributed by atoms with Gasteiger partial charge in [-0.25, -0.2) is 0 Å². The Morgan fingerprint density at radius 3 is 2.61 bits per heavy atom. The number of carbonyl (C=O) groups excluding carboxylic acids is 1. The molecule has 0 aliphatic carbocycles. The molecule has 1 unspecified atom stereocenters. The summed E-state index contributed by atoms with van der Waals surface area (Å²) in [7, 11) is 1.31. The molecule has 23 heavy (non-hydrogen) atoms. The maximum atomic E-state index is 12.8. The van der Waals surface area contributed by atoms with Crippen LogP contribution in [0.15, 0.2) is 36.5 Å². The minimum atomic E-state index is -4.70. The summed E-state index contributed by atoms with van der Waals surface area (Å²) in [6, 6.07) is 8.80. The zero-order valence-electron chi connectivity index (χ0n) is 12.3. The lowest BCUT2D eigenvalue weighted by Crippen LogP contribution is -2.27. The van der Waals surface area contributed by atoms with Crippen LogP contribution in [-0.4, -0.2) is 27.3 Å². The molecular weight excluding hydrogens is 311 g/mol. The highest BCUT2D eigenvalue weighted by molar-refractivity contribution is 5.95. The van der Waals surface area contributed by atoms with Gasteiger partial charge in [0.25, 0.3) is 5.91 Å². The summed E-state index contributed by atoms with van der Waals surface area (Å²) < 4.78 is 39.3. The molecule has 0 radical (unpaired) electrons. The predicted octanol–water partition coefficient (Wildman–Crippen LogP) is 2.29. The zero-order valence-corrected chi connectivity index (χ0v) is 12.3. The van der Waals surface area contributed by atoms with Crippen LogP contribution in [0.4, 0.5) is 13.2 Å². The summed E-state index contributed by atoms with van der Waals surface area (Å²) in [5.74, 6) is -0.870. The molecule has 1 aromatic heterocycles. The first-order valence-electron chi connectivity index (χ1n) is 6.91. The van der Waals surface area contributed by atoms with E-state index in [0.29, 0.717) is 5.56 Å². The first kappa shape index (κ1) is 17.0. The Labute approximate surface area is 130 Å². The van der Waals surface area contributed by atoms with E-state index in [2.05, 4.69) is 10.4 Å². The fourth-order valence-corrected chi connectivity index (χ4v) is 2.12. The van der Waals surface area contributed by atoms with Gasteiger partial charge in [0.15, 0.2) is 5.69 Å². The minimum absolute atomic E-state index is 0.0427. The number of rotatable bonds is 5. The lowest BCUT2D eigenvalue weighted by molar-refractivity contribution is -0.141. The van der Waals surface area contributed by atoms with Crippen molar-refractivity contribution < 1.29 is 23.1 Å². The van der Waals surface area contributed by atoms with Crippen LogP contribution >= 0.6 is 0 Å².